The molecule has 1 aliphatic rings. The Bertz CT molecular complexity index is 475. The molecule has 2 aromatic rings. The van der Waals surface area contributed by atoms with Crippen LogP contribution in [0.5, 0.6) is 0 Å². The number of thiophene rings is 1. The zero-order valence-corrected chi connectivity index (χ0v) is 10.8. The van der Waals surface area contributed by atoms with Gasteiger partial charge in [0.2, 0.25) is 0 Å². The molecule has 0 saturated carbocycles. The average Bonchev–Trinajstić information content (AvgIpc) is 3.00. The molecule has 90 valence electrons. The van der Waals surface area contributed by atoms with Crippen molar-refractivity contribution >= 4 is 11.3 Å². The van der Waals surface area contributed by atoms with Crippen molar-refractivity contribution < 1.29 is 0 Å². The van der Waals surface area contributed by atoms with Crippen molar-refractivity contribution in [3.8, 4) is 0 Å². The van der Waals surface area contributed by atoms with Crippen molar-refractivity contribution in [2.75, 3.05) is 13.1 Å². The van der Waals surface area contributed by atoms with Gasteiger partial charge in [-0.1, -0.05) is 6.07 Å². The Balaban J connectivity index is 1.64. The Morgan fingerprint density at radius 1 is 1.59 bits per heavy atom. The van der Waals surface area contributed by atoms with E-state index in [-0.39, 0.29) is 0 Å². The van der Waals surface area contributed by atoms with Crippen LogP contribution in [0.4, 0.5) is 0 Å². The van der Waals surface area contributed by atoms with E-state index in [1.54, 1.807) is 0 Å². The topological polar surface area (TPSA) is 31.9 Å². The quantitative estimate of drug-likeness (QED) is 0.904. The second-order valence-electron chi connectivity index (χ2n) is 4.77. The van der Waals surface area contributed by atoms with Crippen molar-refractivity contribution in [3.05, 3.63) is 39.8 Å². The van der Waals surface area contributed by atoms with Crippen molar-refractivity contribution in [1.29, 1.82) is 0 Å². The van der Waals surface area contributed by atoms with Gasteiger partial charge in [-0.15, -0.1) is 11.3 Å². The van der Waals surface area contributed by atoms with Crippen LogP contribution in [-0.2, 0) is 6.54 Å². The molecule has 4 heteroatoms. The third kappa shape index (κ3) is 2.28. The van der Waals surface area contributed by atoms with Crippen LogP contribution in [0.15, 0.2) is 23.7 Å². The molecule has 0 aromatic carbocycles. The molecule has 1 atom stereocenters. The first kappa shape index (κ1) is 11.0. The van der Waals surface area contributed by atoms with Crippen molar-refractivity contribution in [3.63, 3.8) is 0 Å². The van der Waals surface area contributed by atoms with Gasteiger partial charge in [0.1, 0.15) is 0 Å². The fourth-order valence-corrected chi connectivity index (χ4v) is 3.35. The van der Waals surface area contributed by atoms with E-state index in [0.717, 1.165) is 13.1 Å². The molecule has 0 aliphatic carbocycles. The van der Waals surface area contributed by atoms with Gasteiger partial charge in [-0.25, -0.2) is 0 Å². The Morgan fingerprint density at radius 2 is 2.53 bits per heavy atom. The lowest BCUT2D eigenvalue weighted by Gasteiger charge is -2.14. The van der Waals surface area contributed by atoms with E-state index >= 15 is 0 Å². The highest BCUT2D eigenvalue weighted by Gasteiger charge is 2.26. The summed E-state index contributed by atoms with van der Waals surface area (Å²) in [5.41, 5.74) is 2.63. The molecule has 0 spiro atoms. The van der Waals surface area contributed by atoms with Gasteiger partial charge in [-0.2, -0.15) is 5.10 Å². The summed E-state index contributed by atoms with van der Waals surface area (Å²) in [5.74, 6) is 0.637. The maximum atomic E-state index is 4.13. The molecule has 0 bridgehead atoms. The predicted molar refractivity (Wildman–Crippen MR) is 70.3 cm³/mol. The molecule has 17 heavy (non-hydrogen) atoms. The van der Waals surface area contributed by atoms with E-state index in [9.17, 15) is 0 Å². The van der Waals surface area contributed by atoms with Gasteiger partial charge in [0.25, 0.3) is 0 Å². The SMILES string of the molecule is Cc1cn[nH]c1C1CCN(Cc2cccs2)C1. The molecule has 3 nitrogen and oxygen atoms in total. The molecular weight excluding hydrogens is 230 g/mol. The number of aromatic amines is 1. The zero-order valence-electron chi connectivity index (χ0n) is 10.0. The number of hydrogen-bond donors (Lipinski definition) is 1. The van der Waals surface area contributed by atoms with Gasteiger partial charge in [0.05, 0.1) is 6.20 Å². The first-order valence-electron chi connectivity index (χ1n) is 6.07. The summed E-state index contributed by atoms with van der Waals surface area (Å²) in [6, 6.07) is 4.35. The fourth-order valence-electron chi connectivity index (χ4n) is 2.60. The molecule has 1 aliphatic heterocycles. The molecule has 1 N–H and O–H groups in total. The second-order valence-corrected chi connectivity index (χ2v) is 5.80. The number of hydrogen-bond acceptors (Lipinski definition) is 3. The van der Waals surface area contributed by atoms with Crippen LogP contribution in [0.3, 0.4) is 0 Å². The molecule has 1 unspecified atom stereocenters. The molecule has 1 fully saturated rings. The van der Waals surface area contributed by atoms with Crippen molar-refractivity contribution in [1.82, 2.24) is 15.1 Å². The van der Waals surface area contributed by atoms with E-state index in [4.69, 9.17) is 0 Å². The van der Waals surface area contributed by atoms with Gasteiger partial charge in [-0.05, 0) is 36.9 Å². The summed E-state index contributed by atoms with van der Waals surface area (Å²) < 4.78 is 0. The zero-order chi connectivity index (χ0) is 11.7. The summed E-state index contributed by atoms with van der Waals surface area (Å²) >= 11 is 1.85. The highest BCUT2D eigenvalue weighted by molar-refractivity contribution is 7.09. The number of H-pyrrole nitrogens is 1. The highest BCUT2D eigenvalue weighted by atomic mass is 32.1. The third-order valence-electron chi connectivity index (χ3n) is 3.51. The van der Waals surface area contributed by atoms with E-state index in [1.165, 1.54) is 29.1 Å². The minimum Gasteiger partial charge on any atom is -0.298 e. The molecule has 0 amide bonds. The standard InChI is InChI=1S/C13H17N3S/c1-10-7-14-15-13(10)11-4-5-16(8-11)9-12-3-2-6-17-12/h2-3,6-7,11H,4-5,8-9H2,1H3,(H,14,15). The summed E-state index contributed by atoms with van der Waals surface area (Å²) in [4.78, 5) is 4.00. The summed E-state index contributed by atoms with van der Waals surface area (Å²) in [5, 5.41) is 9.43. The van der Waals surface area contributed by atoms with Crippen LogP contribution < -0.4 is 0 Å². The maximum absolute atomic E-state index is 4.13. The fraction of sp³-hybridized carbons (Fsp3) is 0.462. The predicted octanol–water partition coefficient (Wildman–Crippen LogP) is 2.77. The number of rotatable bonds is 3. The number of aryl methyl sites for hydroxylation is 1. The van der Waals surface area contributed by atoms with Crippen LogP contribution in [-0.4, -0.2) is 28.2 Å². The number of likely N-dealkylation sites (tertiary alicyclic amines) is 1. The lowest BCUT2D eigenvalue weighted by Crippen LogP contribution is -2.19. The largest absolute Gasteiger partial charge is 0.298 e. The van der Waals surface area contributed by atoms with Crippen LogP contribution in [0.1, 0.15) is 28.5 Å². The molecule has 3 heterocycles. The molecule has 1 saturated heterocycles. The van der Waals surface area contributed by atoms with Gasteiger partial charge in [-0.3, -0.25) is 10.00 Å². The van der Waals surface area contributed by atoms with E-state index in [0.29, 0.717) is 5.92 Å². The number of nitrogens with zero attached hydrogens (tertiary/aromatic N) is 2. The van der Waals surface area contributed by atoms with Crippen LogP contribution in [0.25, 0.3) is 0 Å². The second kappa shape index (κ2) is 4.63. The van der Waals surface area contributed by atoms with Gasteiger partial charge < -0.3 is 0 Å². The molecule has 3 rings (SSSR count). The monoisotopic (exact) mass is 247 g/mol. The van der Waals surface area contributed by atoms with Gasteiger partial charge in [0, 0.05) is 29.6 Å². The van der Waals surface area contributed by atoms with E-state index in [1.807, 2.05) is 17.5 Å². The number of aromatic nitrogens is 2. The Labute approximate surface area is 105 Å². The lowest BCUT2D eigenvalue weighted by atomic mass is 10.0. The van der Waals surface area contributed by atoms with Crippen molar-refractivity contribution in [2.45, 2.75) is 25.8 Å². The first-order chi connectivity index (χ1) is 8.33. The minimum atomic E-state index is 0.637. The normalized spacial score (nSPS) is 21.1. The first-order valence-corrected chi connectivity index (χ1v) is 6.95. The average molecular weight is 247 g/mol. The summed E-state index contributed by atoms with van der Waals surface area (Å²) in [6.45, 7) is 5.59. The number of nitrogens with one attached hydrogen (secondary N) is 1. The van der Waals surface area contributed by atoms with E-state index < -0.39 is 0 Å². The molecular formula is C13H17N3S. The van der Waals surface area contributed by atoms with Crippen molar-refractivity contribution in [2.24, 2.45) is 0 Å². The Kier molecular flexibility index (Phi) is 2.99. The van der Waals surface area contributed by atoms with Crippen LogP contribution in [0, 0.1) is 6.92 Å². The van der Waals surface area contributed by atoms with Crippen LogP contribution in [0.2, 0.25) is 0 Å². The molecule has 0 radical (unpaired) electrons. The smallest absolute Gasteiger partial charge is 0.0519 e. The third-order valence-corrected chi connectivity index (χ3v) is 4.37. The highest BCUT2D eigenvalue weighted by Crippen LogP contribution is 2.29. The van der Waals surface area contributed by atoms with Gasteiger partial charge >= 0.3 is 0 Å². The van der Waals surface area contributed by atoms with Crippen LogP contribution >= 0.6 is 11.3 Å². The lowest BCUT2D eigenvalue weighted by molar-refractivity contribution is 0.329. The van der Waals surface area contributed by atoms with E-state index in [2.05, 4.69) is 39.5 Å². The summed E-state index contributed by atoms with van der Waals surface area (Å²) in [7, 11) is 0. The Hall–Kier alpha value is -1.13. The Morgan fingerprint density at radius 3 is 3.24 bits per heavy atom. The minimum absolute atomic E-state index is 0.637. The summed E-state index contributed by atoms with van der Waals surface area (Å²) in [6.07, 6.45) is 3.17. The van der Waals surface area contributed by atoms with Gasteiger partial charge in [0.15, 0.2) is 0 Å². The molecule has 2 aromatic heterocycles. The maximum Gasteiger partial charge on any atom is 0.0519 e.